The molecule has 0 amide bonds. The number of pyridine rings is 3. The van der Waals surface area contributed by atoms with Gasteiger partial charge in [0.1, 0.15) is 0 Å². The first-order valence-corrected chi connectivity index (χ1v) is 33.5. The molecular weight excluding hydrogens is 1140 g/mol. The SMILES string of the molecule is Cc1cc2[n+](cc1-c1ccccc1)C13/C=C4\C[n+]5ccccc5-c5cc(-c6ccccc6)c6cc5C(/C=C\1c1cc(c(-c5ccccc5)cc1-2)-c1ccccc14)C/C=C(/c1ccccc1-6)C12CC14/C=C\3c1ccccc1-c1cc4c(cc1-c1ccccc1)-c1cccc[n+]12. The molecule has 438 valence electrons. The molecule has 13 bridgehead atoms. The van der Waals surface area contributed by atoms with Crippen molar-refractivity contribution in [3.8, 4) is 112 Å². The number of benzene rings is 10. The number of hydrogen-bond donors (Lipinski definition) is 0. The fourth-order valence-corrected chi connectivity index (χ4v) is 18.7. The number of aromatic nitrogens is 3. The zero-order chi connectivity index (χ0) is 61.6. The van der Waals surface area contributed by atoms with Crippen LogP contribution in [-0.2, 0) is 23.0 Å². The van der Waals surface area contributed by atoms with Crippen molar-refractivity contribution in [1.29, 1.82) is 0 Å². The molecule has 4 unspecified atom stereocenters. The number of rotatable bonds is 4. The summed E-state index contributed by atoms with van der Waals surface area (Å²) >= 11 is 0. The summed E-state index contributed by atoms with van der Waals surface area (Å²) in [5, 5.41) is 0. The molecule has 1 fully saturated rings. The van der Waals surface area contributed by atoms with Crippen LogP contribution in [0.4, 0.5) is 0 Å². The number of hydrogen-bond acceptors (Lipinski definition) is 0. The lowest BCUT2D eigenvalue weighted by Gasteiger charge is -2.40. The Bertz CT molecular complexity index is 5650. The Labute approximate surface area is 547 Å². The normalized spacial score (nSPS) is 22.3. The van der Waals surface area contributed by atoms with Gasteiger partial charge in [-0.25, -0.2) is 0 Å². The molecule has 6 heterocycles. The van der Waals surface area contributed by atoms with Crippen LogP contribution in [-0.4, -0.2) is 0 Å². The predicted octanol–water partition coefficient (Wildman–Crippen LogP) is 20.1. The highest BCUT2D eigenvalue weighted by Crippen LogP contribution is 2.74. The van der Waals surface area contributed by atoms with Gasteiger partial charge in [0.05, 0.1) is 22.1 Å². The first-order chi connectivity index (χ1) is 46.5. The number of allylic oxidation sites excluding steroid dienone is 8. The van der Waals surface area contributed by atoms with Gasteiger partial charge in [-0.1, -0.05) is 212 Å². The molecule has 10 aromatic carbocycles. The zero-order valence-electron chi connectivity index (χ0n) is 52.1. The monoisotopic (exact) mass is 1200 g/mol. The first-order valence-electron chi connectivity index (χ1n) is 33.5. The van der Waals surface area contributed by atoms with Crippen LogP contribution in [0, 0.1) is 6.92 Å². The Morgan fingerprint density at radius 1 is 0.351 bits per heavy atom. The molecule has 8 aliphatic rings. The molecule has 3 heteroatoms. The highest BCUT2D eigenvalue weighted by molar-refractivity contribution is 6.08. The summed E-state index contributed by atoms with van der Waals surface area (Å²) in [5.41, 5.74) is 36.6. The Morgan fingerprint density at radius 2 is 0.862 bits per heavy atom. The van der Waals surface area contributed by atoms with Gasteiger partial charge in [0, 0.05) is 76.6 Å². The van der Waals surface area contributed by atoms with E-state index in [1.165, 1.54) is 173 Å². The summed E-state index contributed by atoms with van der Waals surface area (Å²) < 4.78 is 8.16. The van der Waals surface area contributed by atoms with Gasteiger partial charge in [0.15, 0.2) is 25.1 Å². The Morgan fingerprint density at radius 3 is 1.52 bits per heavy atom. The van der Waals surface area contributed by atoms with Crippen LogP contribution in [0.3, 0.4) is 0 Å². The summed E-state index contributed by atoms with van der Waals surface area (Å²) in [6.45, 7) is 2.93. The molecule has 94 heavy (non-hydrogen) atoms. The fraction of sp³-hybridized carbons (Fsp3) is 0.0879. The zero-order valence-corrected chi connectivity index (χ0v) is 52.1. The molecule has 3 aliphatic heterocycles. The van der Waals surface area contributed by atoms with E-state index in [9.17, 15) is 0 Å². The molecular formula is C91H62N3+3. The Balaban J connectivity index is 1.04. The van der Waals surface area contributed by atoms with Gasteiger partial charge in [-0.3, -0.25) is 0 Å². The molecule has 3 nitrogen and oxygen atoms in total. The molecule has 5 aliphatic carbocycles. The highest BCUT2D eigenvalue weighted by Gasteiger charge is 2.81. The molecule has 0 N–H and O–H groups in total. The van der Waals surface area contributed by atoms with Crippen LogP contribution >= 0.6 is 0 Å². The molecule has 4 atom stereocenters. The lowest BCUT2D eigenvalue weighted by atomic mass is 9.65. The second-order valence-corrected chi connectivity index (χ2v) is 27.3. The molecule has 1 saturated carbocycles. The third kappa shape index (κ3) is 6.93. The van der Waals surface area contributed by atoms with E-state index in [-0.39, 0.29) is 5.92 Å². The van der Waals surface area contributed by atoms with Crippen molar-refractivity contribution in [2.45, 2.75) is 48.7 Å². The topological polar surface area (TPSA) is 11.6 Å². The minimum Gasteiger partial charge on any atom is -0.194 e. The van der Waals surface area contributed by atoms with Crippen molar-refractivity contribution in [1.82, 2.24) is 0 Å². The van der Waals surface area contributed by atoms with E-state index in [0.717, 1.165) is 12.8 Å². The van der Waals surface area contributed by atoms with Crippen molar-refractivity contribution in [2.75, 3.05) is 0 Å². The summed E-state index contributed by atoms with van der Waals surface area (Å²) in [5.74, 6) is -0.135. The van der Waals surface area contributed by atoms with E-state index in [1.807, 2.05) is 0 Å². The minimum absolute atomic E-state index is 0.135. The molecule has 21 rings (SSSR count). The number of fused-ring (bicyclic) bond motifs is 19. The van der Waals surface area contributed by atoms with E-state index in [4.69, 9.17) is 0 Å². The lowest BCUT2D eigenvalue weighted by molar-refractivity contribution is -0.719. The van der Waals surface area contributed by atoms with Gasteiger partial charge in [-0.05, 0) is 173 Å². The quantitative estimate of drug-likeness (QED) is 0.156. The molecule has 1 spiro atoms. The maximum Gasteiger partial charge on any atom is 0.239 e. The predicted molar refractivity (Wildman–Crippen MR) is 381 cm³/mol. The largest absolute Gasteiger partial charge is 0.239 e. The van der Waals surface area contributed by atoms with Crippen LogP contribution in [0.2, 0.25) is 0 Å². The van der Waals surface area contributed by atoms with Gasteiger partial charge in [-0.15, -0.1) is 0 Å². The van der Waals surface area contributed by atoms with Crippen molar-refractivity contribution in [2.24, 2.45) is 0 Å². The van der Waals surface area contributed by atoms with Gasteiger partial charge in [0.2, 0.25) is 28.2 Å². The van der Waals surface area contributed by atoms with Crippen LogP contribution in [0.25, 0.3) is 134 Å². The molecule has 3 aromatic heterocycles. The van der Waals surface area contributed by atoms with Crippen molar-refractivity contribution in [3.63, 3.8) is 0 Å². The van der Waals surface area contributed by atoms with E-state index < -0.39 is 16.5 Å². The van der Waals surface area contributed by atoms with Crippen LogP contribution in [0.15, 0.2) is 316 Å². The van der Waals surface area contributed by atoms with Gasteiger partial charge < -0.3 is 0 Å². The second kappa shape index (κ2) is 19.1. The summed E-state index contributed by atoms with van der Waals surface area (Å²) in [6.07, 6.45) is 20.3. The van der Waals surface area contributed by atoms with E-state index in [2.05, 4.69) is 337 Å². The second-order valence-electron chi connectivity index (χ2n) is 27.3. The Kier molecular flexibility index (Phi) is 10.6. The third-order valence-corrected chi connectivity index (χ3v) is 22.8. The fourth-order valence-electron chi connectivity index (χ4n) is 18.7. The maximum atomic E-state index is 2.90. The number of nitrogens with zero attached hydrogens (tertiary/aromatic N) is 3. The summed E-state index contributed by atoms with van der Waals surface area (Å²) in [4.78, 5) is 0. The van der Waals surface area contributed by atoms with Gasteiger partial charge in [-0.2, -0.15) is 13.7 Å². The minimum atomic E-state index is -1.03. The average molecular weight is 1200 g/mol. The van der Waals surface area contributed by atoms with Crippen LogP contribution in [0.1, 0.15) is 57.7 Å². The Hall–Kier alpha value is -11.4. The lowest BCUT2D eigenvalue weighted by Crippen LogP contribution is -2.60. The molecule has 0 saturated heterocycles. The van der Waals surface area contributed by atoms with E-state index >= 15 is 0 Å². The maximum absolute atomic E-state index is 2.90. The average Bonchev–Trinajstić information content (AvgIpc) is 1.46. The van der Waals surface area contributed by atoms with E-state index in [0.29, 0.717) is 6.54 Å². The smallest absolute Gasteiger partial charge is 0.194 e. The van der Waals surface area contributed by atoms with Crippen molar-refractivity contribution >= 4 is 22.3 Å². The standard InChI is InChI=1S/C91H62N3/c1-57-44-88-79-48-71(59-26-8-3-9-27-59)75-50-77(79)84-45-62-40-41-82-68-36-18-16-34-66(68)74-46-73(62)78(47-70(74)58-24-6-2-7-25-58)86-38-20-22-42-92(86)54-63(64-32-14-15-33-65(64)75)52-90(84,94(88)55-81(57)61-30-12-5-13-31-61)85-53-89-56-91(82,89)93-43-23-21-39-87(93)80-49-72(60-28-10-4-11-29-60)76(51-83(80)89)67-35-17-19-37-69(67)85/h2-39,41-53,55,62H,40,54,56H2,1H3/q+3/b63-52+,82-41-,84-45-,85-53-. The van der Waals surface area contributed by atoms with Crippen LogP contribution < -0.4 is 13.7 Å². The summed E-state index contributed by atoms with van der Waals surface area (Å²) in [7, 11) is 0. The highest BCUT2D eigenvalue weighted by atomic mass is 15.2. The molecule has 0 radical (unpaired) electrons. The third-order valence-electron chi connectivity index (χ3n) is 22.8. The van der Waals surface area contributed by atoms with Crippen LogP contribution in [0.5, 0.6) is 0 Å². The van der Waals surface area contributed by atoms with Gasteiger partial charge >= 0.3 is 0 Å². The van der Waals surface area contributed by atoms with Crippen molar-refractivity contribution < 1.29 is 13.7 Å². The molecule has 13 aromatic rings. The van der Waals surface area contributed by atoms with Gasteiger partial charge in [0.25, 0.3) is 0 Å². The summed E-state index contributed by atoms with van der Waals surface area (Å²) in [6, 6.07) is 105. The first kappa shape index (κ1) is 52.3. The number of aryl methyl sites for hydroxylation is 1. The van der Waals surface area contributed by atoms with Crippen molar-refractivity contribution in [3.05, 3.63) is 355 Å². The van der Waals surface area contributed by atoms with E-state index in [1.54, 1.807) is 0 Å².